The number of rotatable bonds is 7. The van der Waals surface area contributed by atoms with E-state index in [0.29, 0.717) is 18.1 Å². The SMILES string of the molecule is CCNC(CCC1CCCCO1)C(C)c1ccncc1. The molecule has 2 heterocycles. The topological polar surface area (TPSA) is 34.1 Å². The molecule has 0 bridgehead atoms. The summed E-state index contributed by atoms with van der Waals surface area (Å²) in [6.45, 7) is 6.47. The summed E-state index contributed by atoms with van der Waals surface area (Å²) in [7, 11) is 0. The third-order valence-corrected chi connectivity index (χ3v) is 4.38. The van der Waals surface area contributed by atoms with E-state index in [1.165, 1.54) is 37.7 Å². The normalized spacial score (nSPS) is 22.4. The van der Waals surface area contributed by atoms with Gasteiger partial charge >= 0.3 is 0 Å². The standard InChI is InChI=1S/C17H28N2O/c1-3-19-17(8-7-16-6-4-5-13-20-16)14(2)15-9-11-18-12-10-15/h9-12,14,16-17,19H,3-8,13H2,1-2H3. The third kappa shape index (κ3) is 4.57. The molecule has 3 atom stereocenters. The molecule has 3 nitrogen and oxygen atoms in total. The molecule has 3 heteroatoms. The number of pyridine rings is 1. The Morgan fingerprint density at radius 3 is 2.80 bits per heavy atom. The number of aromatic nitrogens is 1. The fraction of sp³-hybridized carbons (Fsp3) is 0.706. The van der Waals surface area contributed by atoms with E-state index in [1.54, 1.807) is 0 Å². The molecule has 0 radical (unpaired) electrons. The van der Waals surface area contributed by atoms with Crippen LogP contribution in [0.25, 0.3) is 0 Å². The van der Waals surface area contributed by atoms with Gasteiger partial charge in [-0.25, -0.2) is 0 Å². The van der Waals surface area contributed by atoms with Crippen LogP contribution in [-0.2, 0) is 4.74 Å². The van der Waals surface area contributed by atoms with Crippen LogP contribution in [0, 0.1) is 0 Å². The Hall–Kier alpha value is -0.930. The molecular formula is C17H28N2O. The number of likely N-dealkylation sites (N-methyl/N-ethyl adjacent to an activating group) is 1. The minimum Gasteiger partial charge on any atom is -0.378 e. The number of nitrogens with one attached hydrogen (secondary N) is 1. The zero-order chi connectivity index (χ0) is 14.2. The van der Waals surface area contributed by atoms with Gasteiger partial charge in [-0.05, 0) is 62.3 Å². The van der Waals surface area contributed by atoms with E-state index in [9.17, 15) is 0 Å². The summed E-state index contributed by atoms with van der Waals surface area (Å²) in [4.78, 5) is 4.11. The lowest BCUT2D eigenvalue weighted by Crippen LogP contribution is -2.35. The monoisotopic (exact) mass is 276 g/mol. The average molecular weight is 276 g/mol. The molecule has 1 aromatic heterocycles. The Morgan fingerprint density at radius 1 is 1.35 bits per heavy atom. The molecule has 20 heavy (non-hydrogen) atoms. The molecule has 1 aromatic rings. The Bertz CT molecular complexity index is 363. The van der Waals surface area contributed by atoms with Crippen LogP contribution in [0.15, 0.2) is 24.5 Å². The Kier molecular flexibility index (Phi) is 6.48. The molecule has 112 valence electrons. The summed E-state index contributed by atoms with van der Waals surface area (Å²) < 4.78 is 5.85. The predicted molar refractivity (Wildman–Crippen MR) is 82.9 cm³/mol. The first kappa shape index (κ1) is 15.5. The Morgan fingerprint density at radius 2 is 2.15 bits per heavy atom. The lowest BCUT2D eigenvalue weighted by molar-refractivity contribution is 0.00823. The highest BCUT2D eigenvalue weighted by molar-refractivity contribution is 5.17. The minimum absolute atomic E-state index is 0.481. The molecule has 1 N–H and O–H groups in total. The maximum absolute atomic E-state index is 5.85. The van der Waals surface area contributed by atoms with Crippen molar-refractivity contribution in [3.05, 3.63) is 30.1 Å². The fourth-order valence-electron chi connectivity index (χ4n) is 3.09. The molecule has 1 fully saturated rings. The second-order valence-electron chi connectivity index (χ2n) is 5.80. The van der Waals surface area contributed by atoms with Crippen LogP contribution < -0.4 is 5.32 Å². The molecule has 0 aromatic carbocycles. The van der Waals surface area contributed by atoms with Crippen LogP contribution in [0.5, 0.6) is 0 Å². The van der Waals surface area contributed by atoms with Gasteiger partial charge in [0.1, 0.15) is 0 Å². The van der Waals surface area contributed by atoms with Gasteiger partial charge in [0, 0.05) is 25.0 Å². The summed E-state index contributed by atoms with van der Waals surface area (Å²) in [5, 5.41) is 3.64. The number of ether oxygens (including phenoxy) is 1. The lowest BCUT2D eigenvalue weighted by atomic mass is 9.89. The Labute approximate surface area is 123 Å². The molecule has 1 aliphatic rings. The van der Waals surface area contributed by atoms with Gasteiger partial charge in [-0.1, -0.05) is 13.8 Å². The number of nitrogens with zero attached hydrogens (tertiary/aromatic N) is 1. The highest BCUT2D eigenvalue weighted by atomic mass is 16.5. The zero-order valence-electron chi connectivity index (χ0n) is 12.8. The zero-order valence-corrected chi connectivity index (χ0v) is 12.8. The molecule has 0 saturated carbocycles. The van der Waals surface area contributed by atoms with E-state index >= 15 is 0 Å². The van der Waals surface area contributed by atoms with E-state index in [1.807, 2.05) is 12.4 Å². The van der Waals surface area contributed by atoms with Crippen LogP contribution in [-0.4, -0.2) is 30.3 Å². The summed E-state index contributed by atoms with van der Waals surface area (Å²) >= 11 is 0. The summed E-state index contributed by atoms with van der Waals surface area (Å²) in [5.41, 5.74) is 1.37. The Balaban J connectivity index is 1.88. The van der Waals surface area contributed by atoms with Crippen molar-refractivity contribution in [3.63, 3.8) is 0 Å². The van der Waals surface area contributed by atoms with E-state index in [0.717, 1.165) is 13.2 Å². The number of hydrogen-bond acceptors (Lipinski definition) is 3. The first-order chi connectivity index (χ1) is 9.81. The van der Waals surface area contributed by atoms with Crippen molar-refractivity contribution in [1.82, 2.24) is 10.3 Å². The van der Waals surface area contributed by atoms with Crippen LogP contribution in [0.4, 0.5) is 0 Å². The second kappa shape index (κ2) is 8.38. The maximum Gasteiger partial charge on any atom is 0.0575 e. The van der Waals surface area contributed by atoms with Crippen molar-refractivity contribution < 1.29 is 4.74 Å². The van der Waals surface area contributed by atoms with Crippen LogP contribution >= 0.6 is 0 Å². The van der Waals surface area contributed by atoms with Crippen molar-refractivity contribution in [2.45, 2.75) is 64.0 Å². The molecule has 1 aliphatic heterocycles. The van der Waals surface area contributed by atoms with Gasteiger partial charge < -0.3 is 10.1 Å². The van der Waals surface area contributed by atoms with Crippen molar-refractivity contribution in [2.24, 2.45) is 0 Å². The first-order valence-corrected chi connectivity index (χ1v) is 8.06. The average Bonchev–Trinajstić information content (AvgIpc) is 2.52. The molecule has 3 unspecified atom stereocenters. The predicted octanol–water partition coefficient (Wildman–Crippen LogP) is 3.51. The number of hydrogen-bond donors (Lipinski definition) is 1. The highest BCUT2D eigenvalue weighted by Gasteiger charge is 2.21. The van der Waals surface area contributed by atoms with Gasteiger partial charge in [0.05, 0.1) is 6.10 Å². The van der Waals surface area contributed by atoms with Gasteiger partial charge in [0.25, 0.3) is 0 Å². The van der Waals surface area contributed by atoms with E-state index < -0.39 is 0 Å². The smallest absolute Gasteiger partial charge is 0.0575 e. The van der Waals surface area contributed by atoms with Gasteiger partial charge in [-0.2, -0.15) is 0 Å². The first-order valence-electron chi connectivity index (χ1n) is 8.06. The highest BCUT2D eigenvalue weighted by Crippen LogP contribution is 2.24. The molecule has 0 spiro atoms. The summed E-state index contributed by atoms with van der Waals surface area (Å²) in [6, 6.07) is 4.78. The molecule has 0 aliphatic carbocycles. The van der Waals surface area contributed by atoms with Crippen LogP contribution in [0.3, 0.4) is 0 Å². The quantitative estimate of drug-likeness (QED) is 0.827. The largest absolute Gasteiger partial charge is 0.378 e. The minimum atomic E-state index is 0.481. The van der Waals surface area contributed by atoms with Gasteiger partial charge in [-0.15, -0.1) is 0 Å². The molecular weight excluding hydrogens is 248 g/mol. The van der Waals surface area contributed by atoms with E-state index in [-0.39, 0.29) is 0 Å². The van der Waals surface area contributed by atoms with Crippen molar-refractivity contribution in [1.29, 1.82) is 0 Å². The van der Waals surface area contributed by atoms with Crippen LogP contribution in [0.1, 0.15) is 57.4 Å². The van der Waals surface area contributed by atoms with Gasteiger partial charge in [0.2, 0.25) is 0 Å². The molecule has 2 rings (SSSR count). The summed E-state index contributed by atoms with van der Waals surface area (Å²) in [5.74, 6) is 0.515. The fourth-order valence-corrected chi connectivity index (χ4v) is 3.09. The second-order valence-corrected chi connectivity index (χ2v) is 5.80. The molecule has 0 amide bonds. The van der Waals surface area contributed by atoms with E-state index in [2.05, 4.69) is 36.3 Å². The van der Waals surface area contributed by atoms with Gasteiger partial charge in [0.15, 0.2) is 0 Å². The van der Waals surface area contributed by atoms with Crippen molar-refractivity contribution >= 4 is 0 Å². The van der Waals surface area contributed by atoms with Crippen LogP contribution in [0.2, 0.25) is 0 Å². The van der Waals surface area contributed by atoms with Crippen molar-refractivity contribution in [3.8, 4) is 0 Å². The van der Waals surface area contributed by atoms with Gasteiger partial charge in [-0.3, -0.25) is 4.98 Å². The summed E-state index contributed by atoms with van der Waals surface area (Å²) in [6.07, 6.45) is 10.4. The van der Waals surface area contributed by atoms with E-state index in [4.69, 9.17) is 4.74 Å². The maximum atomic E-state index is 5.85. The lowest BCUT2D eigenvalue weighted by Gasteiger charge is -2.28. The molecule has 1 saturated heterocycles. The van der Waals surface area contributed by atoms with Crippen molar-refractivity contribution in [2.75, 3.05) is 13.2 Å². The third-order valence-electron chi connectivity index (χ3n) is 4.38.